The molecule has 21 heavy (non-hydrogen) atoms. The topological polar surface area (TPSA) is 92.2 Å². The number of aromatic nitrogens is 4. The minimum atomic E-state index is -0.396. The van der Waals surface area contributed by atoms with Crippen LogP contribution in [0.5, 0.6) is 0 Å². The molecule has 8 heteroatoms. The lowest BCUT2D eigenvalue weighted by molar-refractivity contribution is 0.0951. The molecule has 7 nitrogen and oxygen atoms in total. The Morgan fingerprint density at radius 2 is 2.33 bits per heavy atom. The van der Waals surface area contributed by atoms with Gasteiger partial charge in [-0.25, -0.2) is 9.97 Å². The third-order valence-electron chi connectivity index (χ3n) is 3.02. The highest BCUT2D eigenvalue weighted by atomic mass is 32.1. The van der Waals surface area contributed by atoms with Crippen molar-refractivity contribution in [2.75, 3.05) is 6.54 Å². The van der Waals surface area contributed by atoms with Crippen LogP contribution in [0.3, 0.4) is 0 Å². The van der Waals surface area contributed by atoms with Gasteiger partial charge in [0.05, 0.1) is 0 Å². The van der Waals surface area contributed by atoms with Crippen molar-refractivity contribution in [1.82, 2.24) is 24.7 Å². The third-order valence-corrected chi connectivity index (χ3v) is 3.79. The van der Waals surface area contributed by atoms with E-state index in [0.29, 0.717) is 11.5 Å². The number of H-pyrrole nitrogens is 1. The van der Waals surface area contributed by atoms with E-state index in [1.807, 2.05) is 0 Å². The summed E-state index contributed by atoms with van der Waals surface area (Å²) in [6, 6.07) is 0. The van der Waals surface area contributed by atoms with E-state index in [0.717, 1.165) is 18.7 Å². The number of nitrogens with one attached hydrogen (secondary N) is 2. The van der Waals surface area contributed by atoms with Crippen molar-refractivity contribution in [2.24, 2.45) is 0 Å². The van der Waals surface area contributed by atoms with Crippen LogP contribution in [0.25, 0.3) is 4.96 Å². The van der Waals surface area contributed by atoms with E-state index in [1.165, 1.54) is 21.9 Å². The van der Waals surface area contributed by atoms with Crippen molar-refractivity contribution >= 4 is 22.2 Å². The van der Waals surface area contributed by atoms with Gasteiger partial charge in [0.15, 0.2) is 4.96 Å². The predicted molar refractivity (Wildman–Crippen MR) is 78.6 cm³/mol. The van der Waals surface area contributed by atoms with Crippen molar-refractivity contribution < 1.29 is 4.79 Å². The summed E-state index contributed by atoms with van der Waals surface area (Å²) < 4.78 is 1.38. The molecule has 0 aliphatic heterocycles. The third kappa shape index (κ3) is 2.84. The Morgan fingerprint density at radius 1 is 1.43 bits per heavy atom. The zero-order valence-corrected chi connectivity index (χ0v) is 11.9. The molecule has 0 bridgehead atoms. The molecular weight excluding hydrogens is 290 g/mol. The van der Waals surface area contributed by atoms with Gasteiger partial charge in [-0.15, -0.1) is 11.3 Å². The summed E-state index contributed by atoms with van der Waals surface area (Å²) in [6.07, 6.45) is 7.88. The van der Waals surface area contributed by atoms with Gasteiger partial charge in [0, 0.05) is 43.1 Å². The van der Waals surface area contributed by atoms with E-state index in [9.17, 15) is 9.59 Å². The van der Waals surface area contributed by atoms with Crippen LogP contribution in [-0.2, 0) is 6.42 Å². The smallest absolute Gasteiger partial charge is 0.271 e. The molecule has 108 valence electrons. The molecule has 2 N–H and O–H groups in total. The Kier molecular flexibility index (Phi) is 3.78. The van der Waals surface area contributed by atoms with Gasteiger partial charge in [0.25, 0.3) is 11.5 Å². The highest BCUT2D eigenvalue weighted by molar-refractivity contribution is 7.15. The van der Waals surface area contributed by atoms with Crippen molar-refractivity contribution in [2.45, 2.75) is 12.8 Å². The summed E-state index contributed by atoms with van der Waals surface area (Å²) in [5.41, 5.74) is -0.284. The molecule has 3 aromatic heterocycles. The van der Waals surface area contributed by atoms with Crippen LogP contribution < -0.4 is 10.9 Å². The summed E-state index contributed by atoms with van der Waals surface area (Å²) in [4.78, 5) is 35.9. The van der Waals surface area contributed by atoms with E-state index >= 15 is 0 Å². The maximum Gasteiger partial charge on any atom is 0.271 e. The second kappa shape index (κ2) is 5.88. The number of rotatable bonds is 5. The Labute approximate surface area is 123 Å². The minimum absolute atomic E-state index is 0.0592. The van der Waals surface area contributed by atoms with Crippen LogP contribution >= 0.6 is 11.3 Å². The number of imidazole rings is 1. The largest absolute Gasteiger partial charge is 0.352 e. The van der Waals surface area contributed by atoms with E-state index in [-0.39, 0.29) is 11.1 Å². The zero-order chi connectivity index (χ0) is 14.7. The van der Waals surface area contributed by atoms with Gasteiger partial charge in [0.1, 0.15) is 11.4 Å². The van der Waals surface area contributed by atoms with Crippen LogP contribution in [-0.4, -0.2) is 31.8 Å². The van der Waals surface area contributed by atoms with Crippen molar-refractivity contribution in [1.29, 1.82) is 0 Å². The number of hydrogen-bond donors (Lipinski definition) is 2. The summed E-state index contributed by atoms with van der Waals surface area (Å²) in [5, 5.41) is 4.49. The van der Waals surface area contributed by atoms with Crippen LogP contribution in [0.4, 0.5) is 0 Å². The summed E-state index contributed by atoms with van der Waals surface area (Å²) >= 11 is 1.35. The quantitative estimate of drug-likeness (QED) is 0.683. The summed E-state index contributed by atoms with van der Waals surface area (Å²) in [7, 11) is 0. The molecule has 0 atom stereocenters. The minimum Gasteiger partial charge on any atom is -0.352 e. The molecule has 0 saturated heterocycles. The zero-order valence-electron chi connectivity index (χ0n) is 11.1. The maximum absolute atomic E-state index is 12.1. The van der Waals surface area contributed by atoms with E-state index in [4.69, 9.17) is 0 Å². The van der Waals surface area contributed by atoms with Crippen molar-refractivity contribution in [3.8, 4) is 0 Å². The molecule has 0 spiro atoms. The summed E-state index contributed by atoms with van der Waals surface area (Å²) in [6.45, 7) is 0.477. The monoisotopic (exact) mass is 303 g/mol. The average molecular weight is 303 g/mol. The molecule has 0 radical (unpaired) electrons. The first-order valence-corrected chi connectivity index (χ1v) is 7.35. The molecule has 0 aliphatic rings. The number of hydrogen-bond acceptors (Lipinski definition) is 5. The lowest BCUT2D eigenvalue weighted by Gasteiger charge is -2.04. The number of amides is 1. The Bertz CT molecular complexity index is 805. The second-order valence-corrected chi connectivity index (χ2v) is 5.30. The fourth-order valence-electron chi connectivity index (χ4n) is 1.97. The second-order valence-electron chi connectivity index (χ2n) is 4.43. The first-order chi connectivity index (χ1) is 10.3. The van der Waals surface area contributed by atoms with E-state index in [2.05, 4.69) is 20.3 Å². The van der Waals surface area contributed by atoms with Gasteiger partial charge in [-0.05, 0) is 6.42 Å². The molecule has 3 rings (SSSR count). The van der Waals surface area contributed by atoms with E-state index < -0.39 is 5.91 Å². The Morgan fingerprint density at radius 3 is 3.14 bits per heavy atom. The summed E-state index contributed by atoms with van der Waals surface area (Å²) in [5.74, 6) is 0.484. The highest BCUT2D eigenvalue weighted by Gasteiger charge is 2.13. The van der Waals surface area contributed by atoms with Crippen LogP contribution in [0, 0.1) is 0 Å². The van der Waals surface area contributed by atoms with Crippen LogP contribution in [0.15, 0.2) is 35.0 Å². The number of carbonyl (C=O) groups is 1. The van der Waals surface area contributed by atoms with E-state index in [1.54, 1.807) is 24.0 Å². The lowest BCUT2D eigenvalue weighted by Crippen LogP contribution is -2.31. The van der Waals surface area contributed by atoms with Gasteiger partial charge in [0.2, 0.25) is 0 Å². The standard InChI is InChI=1S/C13H13N5O2S/c19-11(16-3-1-2-10-14-4-5-15-10)9-8-17-13-18(12(9)20)6-7-21-13/h4-8H,1-3H2,(H,14,15)(H,16,19). The maximum atomic E-state index is 12.1. The lowest BCUT2D eigenvalue weighted by atomic mass is 10.2. The molecule has 1 amide bonds. The van der Waals surface area contributed by atoms with Gasteiger partial charge < -0.3 is 10.3 Å². The van der Waals surface area contributed by atoms with Crippen LogP contribution in [0.2, 0.25) is 0 Å². The van der Waals surface area contributed by atoms with Gasteiger partial charge in [-0.2, -0.15) is 0 Å². The van der Waals surface area contributed by atoms with Crippen LogP contribution in [0.1, 0.15) is 22.6 Å². The molecule has 0 aliphatic carbocycles. The fraction of sp³-hybridized carbons (Fsp3) is 0.231. The molecular formula is C13H13N5O2S. The van der Waals surface area contributed by atoms with Gasteiger partial charge in [-0.1, -0.05) is 0 Å². The number of carbonyl (C=O) groups excluding carboxylic acids is 1. The Hall–Kier alpha value is -2.48. The number of aromatic amines is 1. The molecule has 3 aromatic rings. The predicted octanol–water partition coefficient (Wildman–Crippen LogP) is 0.842. The number of fused-ring (bicyclic) bond motifs is 1. The van der Waals surface area contributed by atoms with Crippen molar-refractivity contribution in [3.05, 3.63) is 51.9 Å². The molecule has 0 fully saturated rings. The number of thiazole rings is 1. The van der Waals surface area contributed by atoms with Gasteiger partial charge >= 0.3 is 0 Å². The van der Waals surface area contributed by atoms with Gasteiger partial charge in [-0.3, -0.25) is 14.0 Å². The Balaban J connectivity index is 1.61. The SMILES string of the molecule is O=C(NCCCc1ncc[nH]1)c1cnc2sccn2c1=O. The molecule has 0 aromatic carbocycles. The normalized spacial score (nSPS) is 10.9. The number of nitrogens with zero attached hydrogens (tertiary/aromatic N) is 3. The molecule has 3 heterocycles. The number of aryl methyl sites for hydroxylation is 1. The first-order valence-electron chi connectivity index (χ1n) is 6.47. The first kappa shape index (κ1) is 13.5. The molecule has 0 unspecified atom stereocenters. The molecule has 0 saturated carbocycles. The van der Waals surface area contributed by atoms with Crippen molar-refractivity contribution in [3.63, 3.8) is 0 Å². The fourth-order valence-corrected chi connectivity index (χ4v) is 2.64. The highest BCUT2D eigenvalue weighted by Crippen LogP contribution is 2.05. The average Bonchev–Trinajstić information content (AvgIpc) is 3.15.